The number of carbonyl (C=O) groups is 1. The van der Waals surface area contributed by atoms with E-state index < -0.39 is 11.8 Å². The first-order valence-corrected chi connectivity index (χ1v) is 10.7. The van der Waals surface area contributed by atoms with Crippen LogP contribution in [0.25, 0.3) is 0 Å². The second kappa shape index (κ2) is 8.97. The Morgan fingerprint density at radius 3 is 2.50 bits per heavy atom. The van der Waals surface area contributed by atoms with Gasteiger partial charge in [0.25, 0.3) is 5.91 Å². The minimum Gasteiger partial charge on any atom is -0.339 e. The summed E-state index contributed by atoms with van der Waals surface area (Å²) in [6.07, 6.45) is 3.82. The van der Waals surface area contributed by atoms with E-state index >= 15 is 0 Å². The van der Waals surface area contributed by atoms with Crippen LogP contribution in [0.3, 0.4) is 0 Å². The molecular formula is C20H20Cl2F2N2OS. The molecule has 28 heavy (non-hydrogen) atoms. The fourth-order valence-electron chi connectivity index (χ4n) is 3.23. The topological polar surface area (TPSA) is 33.2 Å². The molecule has 0 saturated carbocycles. The van der Waals surface area contributed by atoms with Crippen molar-refractivity contribution in [2.75, 3.05) is 13.1 Å². The normalized spacial score (nSPS) is 15.7. The number of nitrogens with zero attached hydrogens (tertiary/aromatic N) is 2. The lowest BCUT2D eigenvalue weighted by molar-refractivity contribution is -0.0595. The third-order valence-corrected chi connectivity index (χ3v) is 6.90. The van der Waals surface area contributed by atoms with E-state index in [9.17, 15) is 13.6 Å². The summed E-state index contributed by atoms with van der Waals surface area (Å²) in [5.74, 6) is -2.99. The van der Waals surface area contributed by atoms with Crippen molar-refractivity contribution in [1.82, 2.24) is 9.88 Å². The molecule has 1 saturated heterocycles. The molecule has 0 atom stereocenters. The lowest BCUT2D eigenvalue weighted by Gasteiger charge is -2.34. The number of halogens is 4. The number of hydrogen-bond acceptors (Lipinski definition) is 3. The van der Waals surface area contributed by atoms with Crippen LogP contribution in [-0.2, 0) is 5.75 Å². The van der Waals surface area contributed by atoms with Gasteiger partial charge in [0.05, 0.1) is 15.6 Å². The number of piperidine rings is 1. The molecule has 0 spiro atoms. The molecule has 0 unspecified atom stereocenters. The Bertz CT molecular complexity index is 832. The van der Waals surface area contributed by atoms with Crippen molar-refractivity contribution in [1.29, 1.82) is 0 Å². The molecule has 0 aliphatic carbocycles. The number of amides is 1. The fourth-order valence-corrected chi connectivity index (χ4v) is 4.84. The highest BCUT2D eigenvalue weighted by molar-refractivity contribution is 7.98. The third-order valence-electron chi connectivity index (χ3n) is 4.84. The van der Waals surface area contributed by atoms with Crippen molar-refractivity contribution in [2.24, 2.45) is 5.92 Å². The monoisotopic (exact) mass is 444 g/mol. The first-order valence-electron chi connectivity index (χ1n) is 8.93. The van der Waals surface area contributed by atoms with Crippen molar-refractivity contribution in [3.8, 4) is 0 Å². The molecule has 1 aliphatic heterocycles. The maximum atomic E-state index is 13.5. The Labute approximate surface area is 177 Å². The molecule has 1 aromatic heterocycles. The zero-order valence-electron chi connectivity index (χ0n) is 15.3. The van der Waals surface area contributed by atoms with Crippen LogP contribution < -0.4 is 0 Å². The van der Waals surface area contributed by atoms with Crippen molar-refractivity contribution < 1.29 is 13.6 Å². The maximum Gasteiger partial charge on any atom is 0.255 e. The predicted octanol–water partition coefficient (Wildman–Crippen LogP) is 6.19. The summed E-state index contributed by atoms with van der Waals surface area (Å²) in [5.41, 5.74) is 1.33. The molecule has 150 valence electrons. The molecular weight excluding hydrogens is 425 g/mol. The lowest BCUT2D eigenvalue weighted by atomic mass is 9.91. The Kier molecular flexibility index (Phi) is 6.84. The van der Waals surface area contributed by atoms with Crippen molar-refractivity contribution in [3.63, 3.8) is 0 Å². The largest absolute Gasteiger partial charge is 0.339 e. The number of hydrogen-bond donors (Lipinski definition) is 0. The molecule has 3 nitrogen and oxygen atoms in total. The quantitative estimate of drug-likeness (QED) is 0.515. The minimum absolute atomic E-state index is 0.173. The number of aromatic nitrogens is 1. The van der Waals surface area contributed by atoms with Crippen molar-refractivity contribution in [2.45, 2.75) is 36.3 Å². The molecule has 2 heterocycles. The maximum absolute atomic E-state index is 13.5. The number of pyridine rings is 1. The van der Waals surface area contributed by atoms with E-state index in [0.29, 0.717) is 47.3 Å². The molecule has 1 amide bonds. The number of carbonyl (C=O) groups excluding carboxylic acids is 1. The van der Waals surface area contributed by atoms with Crippen molar-refractivity contribution in [3.05, 3.63) is 57.8 Å². The van der Waals surface area contributed by atoms with E-state index in [1.807, 2.05) is 0 Å². The Morgan fingerprint density at radius 2 is 1.89 bits per heavy atom. The summed E-state index contributed by atoms with van der Waals surface area (Å²) in [5, 5.41) is 1.15. The van der Waals surface area contributed by atoms with E-state index in [1.54, 1.807) is 35.4 Å². The highest BCUT2D eigenvalue weighted by atomic mass is 35.5. The van der Waals surface area contributed by atoms with Gasteiger partial charge in [-0.1, -0.05) is 29.3 Å². The fraction of sp³-hybridized carbons (Fsp3) is 0.400. The second-order valence-electron chi connectivity index (χ2n) is 6.94. The molecule has 1 aromatic carbocycles. The average molecular weight is 445 g/mol. The van der Waals surface area contributed by atoms with Crippen LogP contribution in [0.1, 0.15) is 35.7 Å². The van der Waals surface area contributed by atoms with Crippen LogP contribution in [0, 0.1) is 5.92 Å². The van der Waals surface area contributed by atoms with E-state index in [1.165, 1.54) is 18.0 Å². The Balaban J connectivity index is 1.64. The van der Waals surface area contributed by atoms with E-state index in [0.717, 1.165) is 17.4 Å². The van der Waals surface area contributed by atoms with Gasteiger partial charge in [0.2, 0.25) is 5.92 Å². The second-order valence-corrected chi connectivity index (χ2v) is 8.74. The lowest BCUT2D eigenvalue weighted by Crippen LogP contribution is -2.42. The zero-order chi connectivity index (χ0) is 20.3. The van der Waals surface area contributed by atoms with Gasteiger partial charge < -0.3 is 4.90 Å². The summed E-state index contributed by atoms with van der Waals surface area (Å²) in [7, 11) is 0. The van der Waals surface area contributed by atoms with Gasteiger partial charge in [0, 0.05) is 42.0 Å². The summed E-state index contributed by atoms with van der Waals surface area (Å²) in [4.78, 5) is 19.3. The van der Waals surface area contributed by atoms with Gasteiger partial charge in [-0.2, -0.15) is 0 Å². The number of benzene rings is 1. The predicted molar refractivity (Wildman–Crippen MR) is 110 cm³/mol. The highest BCUT2D eigenvalue weighted by Gasteiger charge is 2.37. The standard InChI is InChI=1S/C20H20Cl2F2N2OS/c1-20(23,24)15-5-7-26(8-6-15)19(27)14-9-13(10-25-11-14)12-28-18-16(21)3-2-4-17(18)22/h2-4,9-11,15H,5-8,12H2,1H3. The SMILES string of the molecule is CC(F)(F)C1CCN(C(=O)c2cncc(CSc3c(Cl)cccc3Cl)c2)CC1. The van der Waals surface area contributed by atoms with Crippen LogP contribution in [0.2, 0.25) is 10.0 Å². The van der Waals surface area contributed by atoms with E-state index in [4.69, 9.17) is 23.2 Å². The molecule has 8 heteroatoms. The highest BCUT2D eigenvalue weighted by Crippen LogP contribution is 2.36. The van der Waals surface area contributed by atoms with Crippen LogP contribution in [-0.4, -0.2) is 34.8 Å². The van der Waals surface area contributed by atoms with Crippen LogP contribution in [0.15, 0.2) is 41.6 Å². The van der Waals surface area contributed by atoms with E-state index in [2.05, 4.69) is 4.98 Å². The van der Waals surface area contributed by atoms with Gasteiger partial charge in [-0.3, -0.25) is 9.78 Å². The van der Waals surface area contributed by atoms with Crippen LogP contribution in [0.5, 0.6) is 0 Å². The summed E-state index contributed by atoms with van der Waals surface area (Å²) in [6, 6.07) is 7.12. The number of rotatable bonds is 5. The van der Waals surface area contributed by atoms with Crippen molar-refractivity contribution >= 4 is 40.9 Å². The van der Waals surface area contributed by atoms with Gasteiger partial charge in [0.1, 0.15) is 0 Å². The smallest absolute Gasteiger partial charge is 0.255 e. The first-order chi connectivity index (χ1) is 13.3. The molecule has 1 fully saturated rings. The van der Waals surface area contributed by atoms with Crippen LogP contribution >= 0.6 is 35.0 Å². The Morgan fingerprint density at radius 1 is 1.25 bits per heavy atom. The summed E-state index contributed by atoms with van der Waals surface area (Å²) in [6.45, 7) is 1.62. The molecule has 1 aliphatic rings. The molecule has 0 N–H and O–H groups in total. The first kappa shape index (κ1) is 21.3. The van der Waals surface area contributed by atoms with Gasteiger partial charge in [-0.25, -0.2) is 8.78 Å². The minimum atomic E-state index is -2.70. The van der Waals surface area contributed by atoms with Gasteiger partial charge in [-0.15, -0.1) is 11.8 Å². The summed E-state index contributed by atoms with van der Waals surface area (Å²) < 4.78 is 26.9. The van der Waals surface area contributed by atoms with Crippen LogP contribution in [0.4, 0.5) is 8.78 Å². The van der Waals surface area contributed by atoms with E-state index in [-0.39, 0.29) is 5.91 Å². The van der Waals surface area contributed by atoms with Gasteiger partial charge in [0.15, 0.2) is 0 Å². The molecule has 3 rings (SSSR count). The number of thioether (sulfide) groups is 1. The average Bonchev–Trinajstić information content (AvgIpc) is 2.67. The molecule has 2 aromatic rings. The molecule has 0 bridgehead atoms. The van der Waals surface area contributed by atoms with Gasteiger partial charge in [-0.05, 0) is 43.5 Å². The van der Waals surface area contributed by atoms with Gasteiger partial charge >= 0.3 is 0 Å². The number of likely N-dealkylation sites (tertiary alicyclic amines) is 1. The summed E-state index contributed by atoms with van der Waals surface area (Å²) >= 11 is 13.8. The third kappa shape index (κ3) is 5.16. The Hall–Kier alpha value is -1.37. The number of alkyl halides is 2. The zero-order valence-corrected chi connectivity index (χ0v) is 17.6. The molecule has 0 radical (unpaired) electrons.